The lowest BCUT2D eigenvalue weighted by Gasteiger charge is -2.26. The van der Waals surface area contributed by atoms with Crippen LogP contribution < -0.4 is 10.2 Å². The summed E-state index contributed by atoms with van der Waals surface area (Å²) in [7, 11) is 0. The Morgan fingerprint density at radius 1 is 1.22 bits per heavy atom. The van der Waals surface area contributed by atoms with Crippen LogP contribution in [0.3, 0.4) is 0 Å². The molecule has 2 amide bonds. The monoisotopic (exact) mass is 306 g/mol. The van der Waals surface area contributed by atoms with Gasteiger partial charge in [0, 0.05) is 17.8 Å². The molecule has 2 heterocycles. The lowest BCUT2D eigenvalue weighted by molar-refractivity contribution is -0.119. The van der Waals surface area contributed by atoms with E-state index in [2.05, 4.69) is 5.32 Å². The Labute approximate surface area is 135 Å². The zero-order chi connectivity index (χ0) is 16.0. The van der Waals surface area contributed by atoms with Crippen molar-refractivity contribution < 1.29 is 9.59 Å². The number of amides is 2. The number of hydrogen-bond donors (Lipinski definition) is 1. The Kier molecular flexibility index (Phi) is 3.18. The molecule has 1 atom stereocenters. The summed E-state index contributed by atoms with van der Waals surface area (Å²) in [4.78, 5) is 26.6. The van der Waals surface area contributed by atoms with Crippen LogP contribution in [0.25, 0.3) is 0 Å². The number of carbonyl (C=O) groups is 2. The van der Waals surface area contributed by atoms with Crippen LogP contribution in [0.2, 0.25) is 0 Å². The number of carbonyl (C=O) groups excluding carboxylic acids is 2. The summed E-state index contributed by atoms with van der Waals surface area (Å²) in [6, 6.07) is 13.1. The van der Waals surface area contributed by atoms with Gasteiger partial charge in [-0.05, 0) is 55.2 Å². The number of rotatable bonds is 2. The third-order valence-corrected chi connectivity index (χ3v) is 4.71. The van der Waals surface area contributed by atoms with Crippen LogP contribution in [0.15, 0.2) is 42.5 Å². The highest BCUT2D eigenvalue weighted by atomic mass is 16.2. The third-order valence-electron chi connectivity index (χ3n) is 4.71. The first-order chi connectivity index (χ1) is 11.1. The van der Waals surface area contributed by atoms with Crippen LogP contribution in [0.5, 0.6) is 0 Å². The van der Waals surface area contributed by atoms with E-state index < -0.39 is 0 Å². The molecule has 116 valence electrons. The average molecular weight is 306 g/mol. The van der Waals surface area contributed by atoms with Crippen LogP contribution in [0, 0.1) is 0 Å². The topological polar surface area (TPSA) is 49.4 Å². The summed E-state index contributed by atoms with van der Waals surface area (Å²) >= 11 is 0. The summed E-state index contributed by atoms with van der Waals surface area (Å²) in [6.45, 7) is 2.75. The molecule has 1 unspecified atom stereocenters. The molecule has 4 nitrogen and oxygen atoms in total. The van der Waals surface area contributed by atoms with Gasteiger partial charge >= 0.3 is 0 Å². The van der Waals surface area contributed by atoms with Crippen molar-refractivity contribution in [2.45, 2.75) is 25.7 Å². The molecular formula is C19H18N2O2. The molecule has 2 aromatic carbocycles. The van der Waals surface area contributed by atoms with Crippen LogP contribution in [0.1, 0.15) is 40.7 Å². The highest BCUT2D eigenvalue weighted by molar-refractivity contribution is 6.08. The first-order valence-corrected chi connectivity index (χ1v) is 8.00. The minimum absolute atomic E-state index is 0.123. The Morgan fingerprint density at radius 3 is 2.78 bits per heavy atom. The van der Waals surface area contributed by atoms with E-state index in [4.69, 9.17) is 0 Å². The van der Waals surface area contributed by atoms with Crippen LogP contribution in [-0.4, -0.2) is 18.4 Å². The summed E-state index contributed by atoms with van der Waals surface area (Å²) in [5.41, 5.74) is 4.68. The summed E-state index contributed by atoms with van der Waals surface area (Å²) < 4.78 is 0. The second kappa shape index (κ2) is 5.23. The van der Waals surface area contributed by atoms with E-state index >= 15 is 0 Å². The largest absolute Gasteiger partial charge is 0.322 e. The molecule has 0 aromatic heterocycles. The van der Waals surface area contributed by atoms with E-state index in [1.807, 2.05) is 42.2 Å². The zero-order valence-electron chi connectivity index (χ0n) is 13.0. The molecule has 0 bridgehead atoms. The molecule has 2 aromatic rings. The van der Waals surface area contributed by atoms with Crippen molar-refractivity contribution in [1.82, 2.24) is 0 Å². The zero-order valence-corrected chi connectivity index (χ0v) is 13.0. The van der Waals surface area contributed by atoms with Gasteiger partial charge in [0.25, 0.3) is 5.91 Å². The normalized spacial score (nSPS) is 18.7. The van der Waals surface area contributed by atoms with Gasteiger partial charge in [-0.25, -0.2) is 0 Å². The number of anilines is 2. The molecule has 0 saturated carbocycles. The second-order valence-corrected chi connectivity index (χ2v) is 6.21. The summed E-state index contributed by atoms with van der Waals surface area (Å²) in [5, 5.41) is 2.97. The van der Waals surface area contributed by atoms with Crippen LogP contribution >= 0.6 is 0 Å². The maximum absolute atomic E-state index is 12.4. The van der Waals surface area contributed by atoms with Crippen molar-refractivity contribution in [3.05, 3.63) is 59.2 Å². The van der Waals surface area contributed by atoms with Gasteiger partial charge in [-0.15, -0.1) is 0 Å². The molecule has 0 radical (unpaired) electrons. The van der Waals surface area contributed by atoms with E-state index in [1.54, 1.807) is 12.1 Å². The fraction of sp³-hybridized carbons (Fsp3) is 0.263. The van der Waals surface area contributed by atoms with Crippen molar-refractivity contribution in [3.63, 3.8) is 0 Å². The molecule has 4 rings (SSSR count). The van der Waals surface area contributed by atoms with Crippen molar-refractivity contribution in [1.29, 1.82) is 0 Å². The Hall–Kier alpha value is -2.62. The minimum Gasteiger partial charge on any atom is -0.322 e. The molecule has 1 N–H and O–H groups in total. The fourth-order valence-electron chi connectivity index (χ4n) is 3.56. The average Bonchev–Trinajstić information content (AvgIpc) is 2.82. The lowest BCUT2D eigenvalue weighted by atomic mass is 9.96. The van der Waals surface area contributed by atoms with Gasteiger partial charge < -0.3 is 10.2 Å². The molecule has 23 heavy (non-hydrogen) atoms. The lowest BCUT2D eigenvalue weighted by Crippen LogP contribution is -2.32. The quantitative estimate of drug-likeness (QED) is 0.925. The van der Waals surface area contributed by atoms with Crippen molar-refractivity contribution >= 4 is 23.2 Å². The maximum atomic E-state index is 12.4. The molecule has 0 spiro atoms. The standard InChI is InChI=1S/C19H18N2O2/c1-12-16-11-15(20-18(22)13-6-3-2-4-7-13)10-14-8-5-9-21(17(14)16)19(12)23/h2-4,6-7,10-12H,5,8-9H2,1H3,(H,20,22). The first-order valence-electron chi connectivity index (χ1n) is 8.00. The van der Waals surface area contributed by atoms with Gasteiger partial charge in [0.15, 0.2) is 0 Å². The van der Waals surface area contributed by atoms with Gasteiger partial charge in [-0.3, -0.25) is 9.59 Å². The molecular weight excluding hydrogens is 288 g/mol. The minimum atomic E-state index is -0.129. The van der Waals surface area contributed by atoms with E-state index in [0.29, 0.717) is 5.56 Å². The number of nitrogens with one attached hydrogen (secondary N) is 1. The van der Waals surface area contributed by atoms with E-state index in [-0.39, 0.29) is 17.7 Å². The predicted molar refractivity (Wildman–Crippen MR) is 89.9 cm³/mol. The summed E-state index contributed by atoms with van der Waals surface area (Å²) in [6.07, 6.45) is 1.93. The molecule has 4 heteroatoms. The Balaban J connectivity index is 1.70. The van der Waals surface area contributed by atoms with Gasteiger partial charge in [0.2, 0.25) is 5.91 Å². The number of hydrogen-bond acceptors (Lipinski definition) is 2. The van der Waals surface area contributed by atoms with Gasteiger partial charge in [-0.1, -0.05) is 18.2 Å². The van der Waals surface area contributed by atoms with E-state index in [0.717, 1.165) is 41.9 Å². The highest BCUT2D eigenvalue weighted by Gasteiger charge is 2.37. The molecule has 0 aliphatic carbocycles. The SMILES string of the molecule is CC1C(=O)N2CCCc3cc(NC(=O)c4ccccc4)cc1c32. The van der Waals surface area contributed by atoms with E-state index in [9.17, 15) is 9.59 Å². The molecule has 0 saturated heterocycles. The third kappa shape index (κ3) is 2.22. The number of aryl methyl sites for hydroxylation is 1. The number of benzene rings is 2. The van der Waals surface area contributed by atoms with Crippen LogP contribution in [-0.2, 0) is 11.2 Å². The fourth-order valence-corrected chi connectivity index (χ4v) is 3.56. The summed E-state index contributed by atoms with van der Waals surface area (Å²) in [5.74, 6) is -0.0784. The van der Waals surface area contributed by atoms with Crippen molar-refractivity contribution in [2.75, 3.05) is 16.8 Å². The van der Waals surface area contributed by atoms with Gasteiger partial charge in [-0.2, -0.15) is 0 Å². The second-order valence-electron chi connectivity index (χ2n) is 6.21. The molecule has 0 fully saturated rings. The first kappa shape index (κ1) is 14.0. The van der Waals surface area contributed by atoms with Crippen LogP contribution in [0.4, 0.5) is 11.4 Å². The predicted octanol–water partition coefficient (Wildman–Crippen LogP) is 3.34. The molecule has 2 aliphatic heterocycles. The van der Waals surface area contributed by atoms with Gasteiger partial charge in [0.05, 0.1) is 11.6 Å². The highest BCUT2D eigenvalue weighted by Crippen LogP contribution is 2.44. The molecule has 2 aliphatic rings. The number of nitrogens with zero attached hydrogens (tertiary/aromatic N) is 1. The van der Waals surface area contributed by atoms with Crippen molar-refractivity contribution in [2.24, 2.45) is 0 Å². The maximum Gasteiger partial charge on any atom is 0.255 e. The Bertz CT molecular complexity index is 799. The van der Waals surface area contributed by atoms with Gasteiger partial charge in [0.1, 0.15) is 0 Å². The van der Waals surface area contributed by atoms with E-state index in [1.165, 1.54) is 0 Å². The Morgan fingerprint density at radius 2 is 2.00 bits per heavy atom. The smallest absolute Gasteiger partial charge is 0.255 e. The van der Waals surface area contributed by atoms with Crippen molar-refractivity contribution in [3.8, 4) is 0 Å².